The minimum Gasteiger partial charge on any atom is -0.497 e. The molecule has 30 heavy (non-hydrogen) atoms. The Hall–Kier alpha value is -3.38. The number of methoxy groups -OCH3 is 1. The van der Waals surface area contributed by atoms with Crippen LogP contribution in [0.5, 0.6) is 5.75 Å². The summed E-state index contributed by atoms with van der Waals surface area (Å²) >= 11 is 3.45. The molecule has 6 heteroatoms. The number of rotatable bonds is 4. The van der Waals surface area contributed by atoms with E-state index in [0.717, 1.165) is 37.9 Å². The number of fused-ring (bicyclic) bond motifs is 2. The third-order valence-corrected chi connectivity index (χ3v) is 5.80. The molecule has 0 aliphatic heterocycles. The maximum absolute atomic E-state index is 13.1. The average Bonchev–Trinajstić information content (AvgIpc) is 3.14. The van der Waals surface area contributed by atoms with Crippen molar-refractivity contribution in [3.05, 3.63) is 93.4 Å². The molecule has 148 valence electrons. The molecular formula is C24H18BrN3O2. The molecule has 0 aliphatic carbocycles. The average molecular weight is 460 g/mol. The van der Waals surface area contributed by atoms with Gasteiger partial charge in [0, 0.05) is 20.9 Å². The van der Waals surface area contributed by atoms with Crippen molar-refractivity contribution in [1.29, 1.82) is 0 Å². The van der Waals surface area contributed by atoms with E-state index in [1.807, 2.05) is 60.7 Å². The molecule has 2 aromatic heterocycles. The van der Waals surface area contributed by atoms with E-state index in [-0.39, 0.29) is 5.56 Å². The molecule has 5 nitrogen and oxygen atoms in total. The molecule has 1 N–H and O–H groups in total. The van der Waals surface area contributed by atoms with Gasteiger partial charge in [-0.25, -0.2) is 4.98 Å². The van der Waals surface area contributed by atoms with Crippen molar-refractivity contribution in [2.24, 2.45) is 0 Å². The molecule has 0 saturated carbocycles. The van der Waals surface area contributed by atoms with Crippen LogP contribution in [0.15, 0.2) is 82.3 Å². The number of halogens is 1. The summed E-state index contributed by atoms with van der Waals surface area (Å²) in [6.45, 7) is 0.416. The maximum atomic E-state index is 13.1. The Morgan fingerprint density at radius 1 is 1.03 bits per heavy atom. The van der Waals surface area contributed by atoms with Gasteiger partial charge in [-0.15, -0.1) is 0 Å². The Morgan fingerprint density at radius 3 is 2.63 bits per heavy atom. The standard InChI is InChI=1S/C24H18BrN3O2/c1-30-17-9-6-15(7-10-17)23-20(18-4-2-3-5-22(18)27-23)13-28-14-26-21-11-8-16(25)12-19(21)24(28)29/h2-12,14,27H,13H2,1H3. The zero-order valence-electron chi connectivity index (χ0n) is 16.2. The van der Waals surface area contributed by atoms with E-state index in [1.54, 1.807) is 18.0 Å². The van der Waals surface area contributed by atoms with Crippen LogP contribution in [0.2, 0.25) is 0 Å². The quantitative estimate of drug-likeness (QED) is 0.393. The largest absolute Gasteiger partial charge is 0.497 e. The summed E-state index contributed by atoms with van der Waals surface area (Å²) in [4.78, 5) is 21.2. The highest BCUT2D eigenvalue weighted by molar-refractivity contribution is 9.10. The maximum Gasteiger partial charge on any atom is 0.261 e. The third kappa shape index (κ3) is 3.19. The zero-order valence-corrected chi connectivity index (χ0v) is 17.8. The first-order valence-electron chi connectivity index (χ1n) is 9.53. The van der Waals surface area contributed by atoms with Gasteiger partial charge >= 0.3 is 0 Å². The van der Waals surface area contributed by atoms with Crippen molar-refractivity contribution in [2.75, 3.05) is 7.11 Å². The number of nitrogens with one attached hydrogen (secondary N) is 1. The molecule has 0 saturated heterocycles. The Morgan fingerprint density at radius 2 is 1.83 bits per heavy atom. The van der Waals surface area contributed by atoms with Crippen molar-refractivity contribution < 1.29 is 4.74 Å². The Labute approximate surface area is 181 Å². The predicted octanol–water partition coefficient (Wildman–Crippen LogP) is 5.36. The number of para-hydroxylation sites is 1. The van der Waals surface area contributed by atoms with Crippen LogP contribution in [-0.2, 0) is 6.54 Å². The smallest absolute Gasteiger partial charge is 0.261 e. The van der Waals surface area contributed by atoms with E-state index in [9.17, 15) is 4.79 Å². The SMILES string of the molecule is COc1ccc(-c2[nH]c3ccccc3c2Cn2cnc3ccc(Br)cc3c2=O)cc1. The molecule has 0 amide bonds. The summed E-state index contributed by atoms with van der Waals surface area (Å²) in [5.74, 6) is 0.803. The van der Waals surface area contributed by atoms with Crippen LogP contribution in [0.4, 0.5) is 0 Å². The topological polar surface area (TPSA) is 59.9 Å². The van der Waals surface area contributed by atoms with Crippen molar-refractivity contribution in [3.63, 3.8) is 0 Å². The lowest BCUT2D eigenvalue weighted by molar-refractivity contribution is 0.415. The minimum atomic E-state index is -0.0627. The second kappa shape index (κ2) is 7.46. The monoisotopic (exact) mass is 459 g/mol. The number of nitrogens with zero attached hydrogens (tertiary/aromatic N) is 2. The summed E-state index contributed by atoms with van der Waals surface area (Å²) in [6.07, 6.45) is 1.62. The molecule has 0 unspecified atom stereocenters. The number of aromatic nitrogens is 3. The summed E-state index contributed by atoms with van der Waals surface area (Å²) in [6, 6.07) is 21.6. The lowest BCUT2D eigenvalue weighted by atomic mass is 10.0. The summed E-state index contributed by atoms with van der Waals surface area (Å²) in [5.41, 5.74) is 4.73. The van der Waals surface area contributed by atoms with Crippen LogP contribution in [0.3, 0.4) is 0 Å². The van der Waals surface area contributed by atoms with Crippen molar-refractivity contribution in [2.45, 2.75) is 6.54 Å². The number of aromatic amines is 1. The Bertz CT molecular complexity index is 1440. The predicted molar refractivity (Wildman–Crippen MR) is 123 cm³/mol. The fraction of sp³-hybridized carbons (Fsp3) is 0.0833. The molecule has 3 aromatic carbocycles. The van der Waals surface area contributed by atoms with Gasteiger partial charge in [0.05, 0.1) is 36.6 Å². The highest BCUT2D eigenvalue weighted by Crippen LogP contribution is 2.32. The third-order valence-electron chi connectivity index (χ3n) is 5.31. The van der Waals surface area contributed by atoms with Gasteiger partial charge in [-0.3, -0.25) is 9.36 Å². The molecule has 0 bridgehead atoms. The first-order valence-corrected chi connectivity index (χ1v) is 10.3. The van der Waals surface area contributed by atoms with E-state index >= 15 is 0 Å². The highest BCUT2D eigenvalue weighted by atomic mass is 79.9. The summed E-state index contributed by atoms with van der Waals surface area (Å²) < 4.78 is 7.81. The second-order valence-electron chi connectivity index (χ2n) is 7.09. The molecular weight excluding hydrogens is 442 g/mol. The summed E-state index contributed by atoms with van der Waals surface area (Å²) in [5, 5.41) is 1.68. The van der Waals surface area contributed by atoms with Crippen LogP contribution in [0.25, 0.3) is 33.1 Å². The minimum absolute atomic E-state index is 0.0627. The number of H-pyrrole nitrogens is 1. The van der Waals surface area contributed by atoms with E-state index < -0.39 is 0 Å². The van der Waals surface area contributed by atoms with Gasteiger partial charge in [0.1, 0.15) is 5.75 Å². The van der Waals surface area contributed by atoms with Crippen LogP contribution in [0.1, 0.15) is 5.56 Å². The van der Waals surface area contributed by atoms with Crippen molar-refractivity contribution in [1.82, 2.24) is 14.5 Å². The zero-order chi connectivity index (χ0) is 20.7. The molecule has 0 atom stereocenters. The van der Waals surface area contributed by atoms with Crippen LogP contribution >= 0.6 is 15.9 Å². The molecule has 0 aliphatic rings. The van der Waals surface area contributed by atoms with E-state index in [1.165, 1.54) is 0 Å². The molecule has 5 rings (SSSR count). The van der Waals surface area contributed by atoms with Gasteiger partial charge in [-0.05, 0) is 54.1 Å². The first kappa shape index (κ1) is 18.6. The van der Waals surface area contributed by atoms with Crippen LogP contribution in [0, 0.1) is 0 Å². The number of benzene rings is 3. The van der Waals surface area contributed by atoms with E-state index in [4.69, 9.17) is 4.74 Å². The van der Waals surface area contributed by atoms with Gasteiger partial charge in [-0.2, -0.15) is 0 Å². The van der Waals surface area contributed by atoms with E-state index in [2.05, 4.69) is 32.0 Å². The Balaban J connectivity index is 1.68. The molecule has 5 aromatic rings. The number of ether oxygens (including phenoxy) is 1. The fourth-order valence-electron chi connectivity index (χ4n) is 3.78. The summed E-state index contributed by atoms with van der Waals surface area (Å²) in [7, 11) is 1.65. The van der Waals surface area contributed by atoms with Crippen LogP contribution in [-0.4, -0.2) is 21.6 Å². The van der Waals surface area contributed by atoms with Gasteiger partial charge in [-0.1, -0.05) is 34.1 Å². The van der Waals surface area contributed by atoms with E-state index in [0.29, 0.717) is 17.4 Å². The van der Waals surface area contributed by atoms with Crippen LogP contribution < -0.4 is 10.3 Å². The lowest BCUT2D eigenvalue weighted by Gasteiger charge is -2.10. The lowest BCUT2D eigenvalue weighted by Crippen LogP contribution is -2.21. The fourth-order valence-corrected chi connectivity index (χ4v) is 4.14. The normalized spacial score (nSPS) is 11.3. The van der Waals surface area contributed by atoms with Gasteiger partial charge in [0.15, 0.2) is 0 Å². The molecule has 0 fully saturated rings. The second-order valence-corrected chi connectivity index (χ2v) is 8.01. The van der Waals surface area contributed by atoms with Crippen molar-refractivity contribution in [3.8, 4) is 17.0 Å². The van der Waals surface area contributed by atoms with Gasteiger partial charge in [0.2, 0.25) is 0 Å². The molecule has 0 spiro atoms. The molecule has 0 radical (unpaired) electrons. The number of hydrogen-bond donors (Lipinski definition) is 1. The first-order chi connectivity index (χ1) is 14.6. The van der Waals surface area contributed by atoms with Gasteiger partial charge in [0.25, 0.3) is 5.56 Å². The highest BCUT2D eigenvalue weighted by Gasteiger charge is 2.15. The number of hydrogen-bond acceptors (Lipinski definition) is 3. The Kier molecular flexibility index (Phi) is 4.64. The molecule has 2 heterocycles. The van der Waals surface area contributed by atoms with Crippen molar-refractivity contribution >= 4 is 37.7 Å². The van der Waals surface area contributed by atoms with Gasteiger partial charge < -0.3 is 9.72 Å².